The van der Waals surface area contributed by atoms with Crippen LogP contribution >= 0.6 is 22.7 Å². The van der Waals surface area contributed by atoms with E-state index >= 15 is 0 Å². The molecule has 103 heavy (non-hydrogen) atoms. The standard InChI is InChI=1S/C81H112N14O6S2/c1-52(2)84-74(99)68-61(35-36-66(87-68)93-38-26-27-60-53(3)71(90-91-72(60)93)89-76-86-63-28-23-24-29-65(63)103-76)62-42-83-95(56(62)6)50-80-45-78(10)44-79(11,46-80)48-81(47-78,49-80)101-40-39-92(12)37-25-21-19-17-15-13-14-16-18-20-22-30-67(97)88-70(77(7,8)9)75(100)94-43-59(96)41-64(94)73(98)85-54(4)57-31-33-58(34-32-57)69-55(5)82-51-102-69/h23-24,28-29,31-36,42,51-52,54,59,64,70,96H,13-22,25-27,30,37-41,43-50H2,1-12H3,(H,84,99)(H,85,98)(H,88,97)(H,86,89,90)/t54-,59+,64-,70+,78?,79?,80?,81?/m0/s1. The van der Waals surface area contributed by atoms with Crippen molar-refractivity contribution in [3.05, 3.63) is 106 Å². The van der Waals surface area contributed by atoms with Crippen molar-refractivity contribution in [2.45, 2.75) is 253 Å². The normalized spacial score (nSPS) is 22.8. The molecule has 4 aliphatic carbocycles. The number of unbranched alkanes of at least 4 members (excludes halogenated alkanes) is 10. The van der Waals surface area contributed by atoms with Crippen molar-refractivity contribution < 1.29 is 29.0 Å². The highest BCUT2D eigenvalue weighted by atomic mass is 32.1. The molecule has 6 atom stereocenters. The zero-order valence-corrected chi connectivity index (χ0v) is 64.8. The van der Waals surface area contributed by atoms with E-state index in [2.05, 4.69) is 81.5 Å². The second-order valence-corrected chi connectivity index (χ2v) is 35.3. The molecule has 5 aromatic heterocycles. The molecule has 0 spiro atoms. The summed E-state index contributed by atoms with van der Waals surface area (Å²) in [6.07, 6.45) is 22.7. The van der Waals surface area contributed by atoms with Crippen LogP contribution in [-0.4, -0.2) is 143 Å². The van der Waals surface area contributed by atoms with Crippen molar-refractivity contribution >= 4 is 79.1 Å². The van der Waals surface area contributed by atoms with Gasteiger partial charge in [0.1, 0.15) is 23.6 Å². The number of hydrogen-bond donors (Lipinski definition) is 5. The first-order valence-electron chi connectivity index (χ1n) is 38.2. The minimum Gasteiger partial charge on any atom is -0.391 e. The van der Waals surface area contributed by atoms with Crippen LogP contribution in [0.15, 0.2) is 72.4 Å². The van der Waals surface area contributed by atoms with Crippen LogP contribution in [0.4, 0.5) is 22.6 Å². The van der Waals surface area contributed by atoms with Gasteiger partial charge >= 0.3 is 0 Å². The van der Waals surface area contributed by atoms with Gasteiger partial charge in [-0.15, -0.1) is 21.5 Å². The first-order chi connectivity index (χ1) is 49.2. The van der Waals surface area contributed by atoms with Gasteiger partial charge in [-0.25, -0.2) is 15.0 Å². The lowest BCUT2D eigenvalue weighted by Crippen LogP contribution is -2.64. The number of likely N-dealkylation sites (N-methyl/N-ethyl adjacent to an activating group) is 1. The van der Waals surface area contributed by atoms with Gasteiger partial charge in [-0.3, -0.25) is 23.9 Å². The molecule has 0 radical (unpaired) electrons. The second kappa shape index (κ2) is 31.8. The zero-order chi connectivity index (χ0) is 73.0. The maximum atomic E-state index is 14.3. The molecular formula is C81H112N14O6S2. The summed E-state index contributed by atoms with van der Waals surface area (Å²) in [4.78, 5) is 77.2. The van der Waals surface area contributed by atoms with E-state index < -0.39 is 23.6 Å². The van der Waals surface area contributed by atoms with E-state index in [1.807, 2.05) is 115 Å². The van der Waals surface area contributed by atoms with Crippen molar-refractivity contribution in [3.8, 4) is 21.6 Å². The molecule has 2 aromatic carbocycles. The number of hydrogen-bond acceptors (Lipinski definition) is 17. The maximum Gasteiger partial charge on any atom is 0.270 e. The molecule has 2 unspecified atom stereocenters. The van der Waals surface area contributed by atoms with Gasteiger partial charge in [-0.05, 0) is 176 Å². The number of nitrogens with one attached hydrogen (secondary N) is 4. The number of carbonyl (C=O) groups excluding carboxylic acids is 4. The Kier molecular flexibility index (Phi) is 23.3. The zero-order valence-electron chi connectivity index (χ0n) is 63.2. The number of anilines is 4. The Labute approximate surface area is 618 Å². The van der Waals surface area contributed by atoms with Crippen molar-refractivity contribution in [1.29, 1.82) is 0 Å². The van der Waals surface area contributed by atoms with E-state index in [0.29, 0.717) is 30.3 Å². The Bertz CT molecular complexity index is 4090. The monoisotopic (exact) mass is 1440 g/mol. The average Bonchev–Trinajstić information content (AvgIpc) is 0.724. The predicted octanol–water partition coefficient (Wildman–Crippen LogP) is 15.5. The fraction of sp³-hybridized carbons (Fsp3) is 0.605. The van der Waals surface area contributed by atoms with E-state index in [1.165, 1.54) is 56.3 Å². The van der Waals surface area contributed by atoms with Crippen molar-refractivity contribution in [2.75, 3.05) is 50.1 Å². The smallest absolute Gasteiger partial charge is 0.270 e. The lowest BCUT2D eigenvalue weighted by atomic mass is 9.39. The lowest BCUT2D eigenvalue weighted by molar-refractivity contribution is -0.248. The fourth-order valence-electron chi connectivity index (χ4n) is 18.6. The summed E-state index contributed by atoms with van der Waals surface area (Å²) < 4.78 is 10.6. The molecule has 20 nitrogen and oxygen atoms in total. The molecular weight excluding hydrogens is 1330 g/mol. The van der Waals surface area contributed by atoms with Crippen LogP contribution in [0, 0.1) is 42.4 Å². The Hall–Kier alpha value is -7.24. The van der Waals surface area contributed by atoms with E-state index in [-0.39, 0.29) is 70.5 Å². The number of aliphatic hydroxyl groups is 1. The highest BCUT2D eigenvalue weighted by molar-refractivity contribution is 7.22. The molecule has 7 heterocycles. The molecule has 5 N–H and O–H groups in total. The van der Waals surface area contributed by atoms with Crippen molar-refractivity contribution in [2.24, 2.45) is 21.7 Å². The van der Waals surface area contributed by atoms with Crippen LogP contribution in [0.3, 0.4) is 0 Å². The molecule has 2 aliphatic heterocycles. The number of aryl methyl sites for hydroxylation is 1. The Morgan fingerprint density at radius 2 is 1.49 bits per heavy atom. The third-order valence-corrected chi connectivity index (χ3v) is 24.5. The van der Waals surface area contributed by atoms with Gasteiger partial charge in [0, 0.05) is 73.0 Å². The first-order valence-corrected chi connectivity index (χ1v) is 39.9. The minimum absolute atomic E-state index is 0.0407. The molecule has 6 aliphatic rings. The number of nitrogens with zero attached hydrogens (tertiary/aromatic N) is 10. The van der Waals surface area contributed by atoms with Gasteiger partial charge < -0.3 is 45.8 Å². The molecule has 4 amide bonds. The number of thiazole rings is 2. The summed E-state index contributed by atoms with van der Waals surface area (Å²) in [5.74, 6) is 1.08. The Morgan fingerprint density at radius 3 is 2.17 bits per heavy atom. The summed E-state index contributed by atoms with van der Waals surface area (Å²) in [5.41, 5.74) is 10.7. The summed E-state index contributed by atoms with van der Waals surface area (Å²) in [6.45, 7) is 27.2. The molecule has 4 bridgehead atoms. The van der Waals surface area contributed by atoms with Crippen LogP contribution in [0.5, 0.6) is 0 Å². The summed E-state index contributed by atoms with van der Waals surface area (Å²) in [5, 5.41) is 38.9. The number of ether oxygens (including phenoxy) is 1. The van der Waals surface area contributed by atoms with Gasteiger partial charge in [0.25, 0.3) is 5.91 Å². The van der Waals surface area contributed by atoms with Gasteiger partial charge in [-0.1, -0.05) is 140 Å². The van der Waals surface area contributed by atoms with Gasteiger partial charge in [-0.2, -0.15) is 5.10 Å². The number of likely N-dealkylation sites (tertiary alicyclic amines) is 1. The van der Waals surface area contributed by atoms with E-state index in [4.69, 9.17) is 30.0 Å². The van der Waals surface area contributed by atoms with E-state index in [9.17, 15) is 24.3 Å². The van der Waals surface area contributed by atoms with Crippen molar-refractivity contribution in [1.82, 2.24) is 60.7 Å². The fourth-order valence-corrected chi connectivity index (χ4v) is 20.3. The number of β-amino-alcohol motifs (C(OH)–C–C–N with tert-alkyl or cyclic N) is 1. The first kappa shape index (κ1) is 75.4. The Morgan fingerprint density at radius 1 is 0.786 bits per heavy atom. The topological polar surface area (TPSA) is 238 Å². The summed E-state index contributed by atoms with van der Waals surface area (Å²) in [6, 6.07) is 18.2. The van der Waals surface area contributed by atoms with E-state index in [0.717, 1.165) is 168 Å². The number of fused-ring (bicyclic) bond motifs is 2. The average molecular weight is 1440 g/mol. The number of aromatic nitrogens is 7. The number of carbonyl (C=O) groups is 4. The number of pyridine rings is 1. The molecule has 554 valence electrons. The number of aliphatic hydroxyl groups excluding tert-OH is 1. The minimum atomic E-state index is -0.842. The van der Waals surface area contributed by atoms with E-state index in [1.54, 1.807) is 22.7 Å². The summed E-state index contributed by atoms with van der Waals surface area (Å²) in [7, 11) is 2.25. The number of amides is 4. The molecule has 22 heteroatoms. The third kappa shape index (κ3) is 17.7. The number of benzene rings is 2. The van der Waals surface area contributed by atoms with Crippen LogP contribution in [0.1, 0.15) is 228 Å². The maximum absolute atomic E-state index is 14.3. The number of rotatable bonds is 32. The number of para-hydroxylation sites is 1. The molecule has 7 aromatic rings. The van der Waals surface area contributed by atoms with Crippen LogP contribution in [0.25, 0.3) is 31.8 Å². The summed E-state index contributed by atoms with van der Waals surface area (Å²) >= 11 is 3.19. The highest BCUT2D eigenvalue weighted by Gasteiger charge is 2.66. The molecule has 13 rings (SSSR count). The quantitative estimate of drug-likeness (QED) is 0.0247. The van der Waals surface area contributed by atoms with Crippen LogP contribution < -0.4 is 26.2 Å². The second-order valence-electron chi connectivity index (χ2n) is 33.4. The van der Waals surface area contributed by atoms with Gasteiger partial charge in [0.15, 0.2) is 16.8 Å². The van der Waals surface area contributed by atoms with Gasteiger partial charge in [0.05, 0.1) is 56.8 Å². The highest BCUT2D eigenvalue weighted by Crippen LogP contribution is 2.72. The molecule has 1 saturated heterocycles. The predicted molar refractivity (Wildman–Crippen MR) is 412 cm³/mol. The molecule has 5 fully saturated rings. The Balaban J connectivity index is 0.553. The van der Waals surface area contributed by atoms with Crippen LogP contribution in [-0.2, 0) is 32.1 Å². The SMILES string of the molecule is Cc1ncsc1-c1ccc([C@H](C)NC(=O)[C@@H]2C[C@@H](O)CN2C(=O)[C@@H](NC(=O)CCCCCCCCCCCCCN(C)CCOC23CC4(C)CC(C)(CC(Cn5ncc(-c6ccc(N7CCCc8c7nnc(Nc7nc9ccccc9s7)c8C)nc6C(=O)NC(C)C)c5C)(C4)C2)C3)C(C)(C)C)cc1. The lowest BCUT2D eigenvalue weighted by Gasteiger charge is -2.69. The molecule has 4 saturated carbocycles. The van der Waals surface area contributed by atoms with Crippen molar-refractivity contribution in [3.63, 3.8) is 0 Å². The third-order valence-electron chi connectivity index (χ3n) is 22.6. The van der Waals surface area contributed by atoms with Crippen LogP contribution in [0.2, 0.25) is 0 Å². The van der Waals surface area contributed by atoms with Gasteiger partial charge in [0.2, 0.25) is 17.7 Å². The largest absolute Gasteiger partial charge is 0.391 e.